The number of rotatable bonds is 5. The molecule has 2 rings (SSSR count). The van der Waals surface area contributed by atoms with Gasteiger partial charge in [-0.1, -0.05) is 0 Å². The number of hydrogen-bond acceptors (Lipinski definition) is 5. The zero-order valence-electron chi connectivity index (χ0n) is 13.5. The molecule has 23 heavy (non-hydrogen) atoms. The molecule has 0 aromatic heterocycles. The second kappa shape index (κ2) is 7.94. The van der Waals surface area contributed by atoms with Crippen LogP contribution in [0.15, 0.2) is 18.2 Å². The van der Waals surface area contributed by atoms with Gasteiger partial charge in [0, 0.05) is 19.2 Å². The summed E-state index contributed by atoms with van der Waals surface area (Å²) in [6, 6.07) is 5.05. The number of benzene rings is 1. The molecule has 0 radical (unpaired) electrons. The Morgan fingerprint density at radius 3 is 2.83 bits per heavy atom. The van der Waals surface area contributed by atoms with Crippen LogP contribution in [0.25, 0.3) is 0 Å². The third-order valence-corrected chi connectivity index (χ3v) is 3.64. The molecule has 2 amide bonds. The molecule has 1 saturated heterocycles. The second-order valence-electron chi connectivity index (χ2n) is 5.68. The van der Waals surface area contributed by atoms with Crippen molar-refractivity contribution in [2.75, 3.05) is 37.4 Å². The second-order valence-corrected chi connectivity index (χ2v) is 5.68. The van der Waals surface area contributed by atoms with Crippen LogP contribution in [0.3, 0.4) is 0 Å². The highest BCUT2D eigenvalue weighted by Crippen LogP contribution is 2.28. The van der Waals surface area contributed by atoms with Gasteiger partial charge in [0.15, 0.2) is 0 Å². The largest absolute Gasteiger partial charge is 0.495 e. The molecule has 7 nitrogen and oxygen atoms in total. The summed E-state index contributed by atoms with van der Waals surface area (Å²) in [6.45, 7) is 2.94. The lowest BCUT2D eigenvalue weighted by atomic mass is 10.1. The van der Waals surface area contributed by atoms with Crippen molar-refractivity contribution in [1.29, 1.82) is 0 Å². The van der Waals surface area contributed by atoms with E-state index in [-0.39, 0.29) is 24.5 Å². The molecule has 1 atom stereocenters. The molecule has 1 heterocycles. The molecule has 1 aromatic carbocycles. The van der Waals surface area contributed by atoms with E-state index in [1.165, 1.54) is 14.0 Å². The van der Waals surface area contributed by atoms with Crippen molar-refractivity contribution < 1.29 is 19.4 Å². The zero-order chi connectivity index (χ0) is 16.8. The van der Waals surface area contributed by atoms with Crippen molar-refractivity contribution in [1.82, 2.24) is 4.90 Å². The van der Waals surface area contributed by atoms with E-state index in [0.29, 0.717) is 23.7 Å². The van der Waals surface area contributed by atoms with Crippen molar-refractivity contribution in [3.05, 3.63) is 18.2 Å². The first kappa shape index (κ1) is 17.2. The van der Waals surface area contributed by atoms with Crippen LogP contribution in [0, 0.1) is 0 Å². The van der Waals surface area contributed by atoms with E-state index >= 15 is 0 Å². The Morgan fingerprint density at radius 1 is 1.39 bits per heavy atom. The number of nitrogens with zero attached hydrogens (tertiary/aromatic N) is 1. The molecule has 1 aliphatic heterocycles. The summed E-state index contributed by atoms with van der Waals surface area (Å²) in [5.74, 6) is 0.151. The highest BCUT2D eigenvalue weighted by molar-refractivity contribution is 5.95. The van der Waals surface area contributed by atoms with Crippen molar-refractivity contribution in [3.8, 4) is 5.75 Å². The summed E-state index contributed by atoms with van der Waals surface area (Å²) in [4.78, 5) is 25.3. The van der Waals surface area contributed by atoms with Gasteiger partial charge in [0.2, 0.25) is 11.8 Å². The topological polar surface area (TPSA) is 90.9 Å². The predicted molar refractivity (Wildman–Crippen MR) is 87.6 cm³/mol. The van der Waals surface area contributed by atoms with Gasteiger partial charge in [0.25, 0.3) is 0 Å². The minimum absolute atomic E-state index is 0.183. The highest BCUT2D eigenvalue weighted by atomic mass is 16.5. The first-order chi connectivity index (χ1) is 11.0. The van der Waals surface area contributed by atoms with E-state index in [2.05, 4.69) is 10.6 Å². The van der Waals surface area contributed by atoms with E-state index in [1.807, 2.05) is 4.90 Å². The molecule has 0 bridgehead atoms. The Balaban J connectivity index is 2.02. The lowest BCUT2D eigenvalue weighted by Crippen LogP contribution is -2.42. The van der Waals surface area contributed by atoms with Crippen LogP contribution >= 0.6 is 0 Å². The van der Waals surface area contributed by atoms with E-state index in [1.54, 1.807) is 18.2 Å². The molecule has 7 heteroatoms. The highest BCUT2D eigenvalue weighted by Gasteiger charge is 2.20. The zero-order valence-corrected chi connectivity index (χ0v) is 13.5. The fraction of sp³-hybridized carbons (Fsp3) is 0.500. The maximum absolute atomic E-state index is 12.2. The monoisotopic (exact) mass is 321 g/mol. The van der Waals surface area contributed by atoms with Gasteiger partial charge in [-0.05, 0) is 37.6 Å². The number of carbonyl (C=O) groups excluding carboxylic acids is 2. The molecule has 0 spiro atoms. The van der Waals surface area contributed by atoms with Gasteiger partial charge in [0.05, 0.1) is 25.4 Å². The number of aliphatic hydroxyl groups excluding tert-OH is 1. The number of aliphatic hydroxyl groups is 1. The van der Waals surface area contributed by atoms with Gasteiger partial charge in [-0.2, -0.15) is 0 Å². The SMILES string of the molecule is COc1ccc(NC(C)=O)cc1NC(=O)CN1CCCC(O)C1. The Hall–Kier alpha value is -2.12. The number of piperidine rings is 1. The average Bonchev–Trinajstić information content (AvgIpc) is 2.46. The number of amides is 2. The van der Waals surface area contributed by atoms with Crippen LogP contribution in [-0.4, -0.2) is 54.7 Å². The summed E-state index contributed by atoms with van der Waals surface area (Å²) in [7, 11) is 1.52. The average molecular weight is 321 g/mol. The number of anilines is 2. The molecule has 1 fully saturated rings. The summed E-state index contributed by atoms with van der Waals surface area (Å²) in [5.41, 5.74) is 1.09. The third-order valence-electron chi connectivity index (χ3n) is 3.64. The van der Waals surface area contributed by atoms with Gasteiger partial charge in [-0.25, -0.2) is 0 Å². The molecule has 1 aliphatic rings. The van der Waals surface area contributed by atoms with Gasteiger partial charge in [-0.3, -0.25) is 14.5 Å². The number of β-amino-alcohol motifs (C(OH)–C–C–N with tert-alkyl or cyclic N) is 1. The van der Waals surface area contributed by atoms with E-state index in [4.69, 9.17) is 4.74 Å². The van der Waals surface area contributed by atoms with Crippen molar-refractivity contribution in [2.45, 2.75) is 25.9 Å². The lowest BCUT2D eigenvalue weighted by Gasteiger charge is -2.29. The lowest BCUT2D eigenvalue weighted by molar-refractivity contribution is -0.118. The molecular formula is C16H23N3O4. The number of ether oxygens (including phenoxy) is 1. The minimum Gasteiger partial charge on any atom is -0.495 e. The van der Waals surface area contributed by atoms with Crippen molar-refractivity contribution in [3.63, 3.8) is 0 Å². The van der Waals surface area contributed by atoms with Gasteiger partial charge < -0.3 is 20.5 Å². The van der Waals surface area contributed by atoms with E-state index in [0.717, 1.165) is 19.4 Å². The summed E-state index contributed by atoms with van der Waals surface area (Å²) in [5, 5.41) is 15.1. The van der Waals surface area contributed by atoms with Crippen molar-refractivity contribution >= 4 is 23.2 Å². The summed E-state index contributed by atoms with van der Waals surface area (Å²) < 4.78 is 5.23. The quantitative estimate of drug-likeness (QED) is 0.754. The van der Waals surface area contributed by atoms with E-state index < -0.39 is 0 Å². The normalized spacial score (nSPS) is 18.3. The van der Waals surface area contributed by atoms with Crippen LogP contribution < -0.4 is 15.4 Å². The van der Waals surface area contributed by atoms with Gasteiger partial charge in [0.1, 0.15) is 5.75 Å². The van der Waals surface area contributed by atoms with Crippen molar-refractivity contribution in [2.24, 2.45) is 0 Å². The van der Waals surface area contributed by atoms with Crippen LogP contribution in [0.2, 0.25) is 0 Å². The fourth-order valence-corrected chi connectivity index (χ4v) is 2.65. The first-order valence-corrected chi connectivity index (χ1v) is 7.64. The number of likely N-dealkylation sites (tertiary alicyclic amines) is 1. The minimum atomic E-state index is -0.366. The molecule has 1 unspecified atom stereocenters. The summed E-state index contributed by atoms with van der Waals surface area (Å²) >= 11 is 0. The number of carbonyl (C=O) groups is 2. The van der Waals surface area contributed by atoms with Crippen LogP contribution in [0.4, 0.5) is 11.4 Å². The standard InChI is InChI=1S/C16H23N3O4/c1-11(20)17-12-5-6-15(23-2)14(8-12)18-16(22)10-19-7-3-4-13(21)9-19/h5-6,8,13,21H,3-4,7,9-10H2,1-2H3,(H,17,20)(H,18,22). The molecule has 1 aromatic rings. The molecule has 0 aliphatic carbocycles. The maximum atomic E-state index is 12.2. The fourth-order valence-electron chi connectivity index (χ4n) is 2.65. The molecule has 0 saturated carbocycles. The van der Waals surface area contributed by atoms with E-state index in [9.17, 15) is 14.7 Å². The van der Waals surface area contributed by atoms with Crippen LogP contribution in [0.5, 0.6) is 5.75 Å². The molecule has 3 N–H and O–H groups in total. The molecular weight excluding hydrogens is 298 g/mol. The summed E-state index contributed by atoms with van der Waals surface area (Å²) in [6.07, 6.45) is 1.30. The van der Waals surface area contributed by atoms with Gasteiger partial charge >= 0.3 is 0 Å². The Kier molecular flexibility index (Phi) is 5.95. The Labute approximate surface area is 135 Å². The molecule has 126 valence electrons. The number of nitrogens with one attached hydrogen (secondary N) is 2. The number of methoxy groups -OCH3 is 1. The third kappa shape index (κ3) is 5.22. The van der Waals surface area contributed by atoms with Crippen LogP contribution in [-0.2, 0) is 9.59 Å². The Morgan fingerprint density at radius 2 is 2.17 bits per heavy atom. The first-order valence-electron chi connectivity index (χ1n) is 7.64. The number of hydrogen-bond donors (Lipinski definition) is 3. The smallest absolute Gasteiger partial charge is 0.238 e. The van der Waals surface area contributed by atoms with Crippen LogP contribution in [0.1, 0.15) is 19.8 Å². The van der Waals surface area contributed by atoms with Gasteiger partial charge in [-0.15, -0.1) is 0 Å². The maximum Gasteiger partial charge on any atom is 0.238 e. The Bertz CT molecular complexity index is 576. The predicted octanol–water partition coefficient (Wildman–Crippen LogP) is 1.05.